The largest absolute Gasteiger partial charge is 0.489 e. The average Bonchev–Trinajstić information content (AvgIpc) is 3.06. The van der Waals surface area contributed by atoms with Gasteiger partial charge in [-0.25, -0.2) is 13.5 Å². The SMILES string of the molecule is C=CCOc1ccccc1CN[C@@H](C)c1cnn(-c2ccc(F)cc2F)c1C. The lowest BCUT2D eigenvalue weighted by atomic mass is 10.1. The number of benzene rings is 2. The summed E-state index contributed by atoms with van der Waals surface area (Å²) in [5.41, 5.74) is 2.99. The predicted octanol–water partition coefficient (Wildman–Crippen LogP) is 4.87. The Balaban J connectivity index is 1.75. The third-order valence-corrected chi connectivity index (χ3v) is 4.58. The predicted molar refractivity (Wildman–Crippen MR) is 106 cm³/mol. The molecule has 6 heteroatoms. The first-order valence-corrected chi connectivity index (χ1v) is 9.06. The van der Waals surface area contributed by atoms with Crippen molar-refractivity contribution in [1.82, 2.24) is 15.1 Å². The van der Waals surface area contributed by atoms with Gasteiger partial charge in [0.1, 0.15) is 23.9 Å². The van der Waals surface area contributed by atoms with E-state index in [1.54, 1.807) is 12.3 Å². The van der Waals surface area contributed by atoms with Gasteiger partial charge in [-0.2, -0.15) is 5.10 Å². The molecule has 28 heavy (non-hydrogen) atoms. The van der Waals surface area contributed by atoms with Crippen LogP contribution in [0.2, 0.25) is 0 Å². The summed E-state index contributed by atoms with van der Waals surface area (Å²) in [4.78, 5) is 0. The molecule has 0 amide bonds. The summed E-state index contributed by atoms with van der Waals surface area (Å²) >= 11 is 0. The van der Waals surface area contributed by atoms with Crippen molar-refractivity contribution in [2.24, 2.45) is 0 Å². The van der Waals surface area contributed by atoms with Crippen LogP contribution in [0.25, 0.3) is 5.69 Å². The fourth-order valence-corrected chi connectivity index (χ4v) is 3.06. The van der Waals surface area contributed by atoms with Crippen LogP contribution in [0.3, 0.4) is 0 Å². The number of rotatable bonds is 8. The van der Waals surface area contributed by atoms with Gasteiger partial charge >= 0.3 is 0 Å². The van der Waals surface area contributed by atoms with Gasteiger partial charge in [-0.1, -0.05) is 30.9 Å². The molecule has 2 aromatic carbocycles. The molecule has 0 spiro atoms. The zero-order valence-corrected chi connectivity index (χ0v) is 16.0. The van der Waals surface area contributed by atoms with Crippen molar-refractivity contribution in [2.75, 3.05) is 6.61 Å². The highest BCUT2D eigenvalue weighted by molar-refractivity contribution is 5.37. The monoisotopic (exact) mass is 383 g/mol. The van der Waals surface area contributed by atoms with E-state index in [0.29, 0.717) is 13.2 Å². The maximum atomic E-state index is 14.1. The average molecular weight is 383 g/mol. The Morgan fingerprint density at radius 1 is 1.25 bits per heavy atom. The summed E-state index contributed by atoms with van der Waals surface area (Å²) in [6.07, 6.45) is 3.41. The highest BCUT2D eigenvalue weighted by Crippen LogP contribution is 2.24. The minimum atomic E-state index is -0.647. The molecule has 4 nitrogen and oxygen atoms in total. The van der Waals surface area contributed by atoms with Crippen molar-refractivity contribution in [1.29, 1.82) is 0 Å². The van der Waals surface area contributed by atoms with E-state index >= 15 is 0 Å². The second-order valence-corrected chi connectivity index (χ2v) is 6.50. The fraction of sp³-hybridized carbons (Fsp3) is 0.227. The quantitative estimate of drug-likeness (QED) is 0.564. The number of para-hydroxylation sites is 1. The molecule has 146 valence electrons. The third-order valence-electron chi connectivity index (χ3n) is 4.58. The molecule has 0 saturated carbocycles. The Bertz CT molecular complexity index is 968. The van der Waals surface area contributed by atoms with E-state index in [4.69, 9.17) is 4.74 Å². The van der Waals surface area contributed by atoms with Crippen LogP contribution in [0, 0.1) is 18.6 Å². The fourth-order valence-electron chi connectivity index (χ4n) is 3.06. The Labute approximate surface area is 163 Å². The molecule has 0 aliphatic carbocycles. The maximum Gasteiger partial charge on any atom is 0.151 e. The van der Waals surface area contributed by atoms with Crippen molar-refractivity contribution in [3.05, 3.63) is 89.8 Å². The second kappa shape index (κ2) is 8.80. The van der Waals surface area contributed by atoms with E-state index in [2.05, 4.69) is 17.0 Å². The molecule has 0 radical (unpaired) electrons. The molecule has 0 aliphatic heterocycles. The zero-order valence-electron chi connectivity index (χ0n) is 16.0. The van der Waals surface area contributed by atoms with Gasteiger partial charge in [0, 0.05) is 35.5 Å². The molecule has 0 unspecified atom stereocenters. The summed E-state index contributed by atoms with van der Waals surface area (Å²) in [6.45, 7) is 8.60. The lowest BCUT2D eigenvalue weighted by Gasteiger charge is -2.16. The van der Waals surface area contributed by atoms with E-state index < -0.39 is 11.6 Å². The summed E-state index contributed by atoms with van der Waals surface area (Å²) in [6, 6.07) is 11.3. The van der Waals surface area contributed by atoms with Crippen LogP contribution in [0.4, 0.5) is 8.78 Å². The second-order valence-electron chi connectivity index (χ2n) is 6.50. The van der Waals surface area contributed by atoms with Gasteiger partial charge in [0.15, 0.2) is 5.82 Å². The maximum absolute atomic E-state index is 14.1. The van der Waals surface area contributed by atoms with Gasteiger partial charge in [-0.15, -0.1) is 0 Å². The van der Waals surface area contributed by atoms with Crippen LogP contribution in [-0.2, 0) is 6.54 Å². The minimum absolute atomic E-state index is 0.0234. The molecular formula is C22H23F2N3O. The van der Waals surface area contributed by atoms with Crippen molar-refractivity contribution >= 4 is 0 Å². The van der Waals surface area contributed by atoms with E-state index in [-0.39, 0.29) is 11.7 Å². The molecular weight excluding hydrogens is 360 g/mol. The number of aromatic nitrogens is 2. The van der Waals surface area contributed by atoms with Crippen molar-refractivity contribution < 1.29 is 13.5 Å². The van der Waals surface area contributed by atoms with Gasteiger partial charge in [0.2, 0.25) is 0 Å². The van der Waals surface area contributed by atoms with Gasteiger partial charge in [-0.3, -0.25) is 0 Å². The number of ether oxygens (including phenoxy) is 1. The highest BCUT2D eigenvalue weighted by atomic mass is 19.1. The number of hydrogen-bond donors (Lipinski definition) is 1. The minimum Gasteiger partial charge on any atom is -0.489 e. The molecule has 0 saturated heterocycles. The summed E-state index contributed by atoms with van der Waals surface area (Å²) in [7, 11) is 0. The van der Waals surface area contributed by atoms with E-state index in [9.17, 15) is 8.78 Å². The first-order valence-electron chi connectivity index (χ1n) is 9.06. The van der Waals surface area contributed by atoms with Crippen molar-refractivity contribution in [3.8, 4) is 11.4 Å². The van der Waals surface area contributed by atoms with Gasteiger partial charge in [0.25, 0.3) is 0 Å². The molecule has 3 rings (SSSR count). The van der Waals surface area contributed by atoms with Gasteiger partial charge < -0.3 is 10.1 Å². The summed E-state index contributed by atoms with van der Waals surface area (Å²) in [5, 5.41) is 7.74. The number of nitrogens with one attached hydrogen (secondary N) is 1. The Hall–Kier alpha value is -2.99. The molecule has 1 N–H and O–H groups in total. The molecule has 3 aromatic rings. The molecule has 0 fully saturated rings. The normalized spacial score (nSPS) is 12.0. The van der Waals surface area contributed by atoms with Crippen LogP contribution >= 0.6 is 0 Å². The van der Waals surface area contributed by atoms with Crippen LogP contribution in [-0.4, -0.2) is 16.4 Å². The van der Waals surface area contributed by atoms with Crippen molar-refractivity contribution in [3.63, 3.8) is 0 Å². The molecule has 0 aliphatic rings. The molecule has 1 aromatic heterocycles. The van der Waals surface area contributed by atoms with Crippen LogP contribution in [0.5, 0.6) is 5.75 Å². The van der Waals surface area contributed by atoms with E-state index in [0.717, 1.165) is 28.6 Å². The Morgan fingerprint density at radius 3 is 2.79 bits per heavy atom. The number of halogens is 2. The Kier molecular flexibility index (Phi) is 6.21. The van der Waals surface area contributed by atoms with Gasteiger partial charge in [0.05, 0.1) is 6.20 Å². The summed E-state index contributed by atoms with van der Waals surface area (Å²) in [5.74, 6) is -0.451. The van der Waals surface area contributed by atoms with E-state index in [1.807, 2.05) is 38.1 Å². The zero-order chi connectivity index (χ0) is 20.1. The third kappa shape index (κ3) is 4.28. The van der Waals surface area contributed by atoms with Crippen LogP contribution < -0.4 is 10.1 Å². The van der Waals surface area contributed by atoms with Gasteiger partial charge in [-0.05, 0) is 32.0 Å². The lowest BCUT2D eigenvalue weighted by Crippen LogP contribution is -2.19. The molecule has 1 heterocycles. The first-order chi connectivity index (χ1) is 13.5. The van der Waals surface area contributed by atoms with Crippen molar-refractivity contribution in [2.45, 2.75) is 26.4 Å². The standard InChI is InChI=1S/C22H23F2N3O/c1-4-11-28-22-8-6-5-7-17(22)13-25-15(2)19-14-26-27(16(19)3)21-10-9-18(23)12-20(21)24/h4-10,12,14-15,25H,1,11,13H2,2-3H3/t15-/m0/s1. The smallest absolute Gasteiger partial charge is 0.151 e. The number of hydrogen-bond acceptors (Lipinski definition) is 3. The summed E-state index contributed by atoms with van der Waals surface area (Å²) < 4.78 is 34.5. The highest BCUT2D eigenvalue weighted by Gasteiger charge is 2.17. The molecule has 1 atom stereocenters. The molecule has 0 bridgehead atoms. The lowest BCUT2D eigenvalue weighted by molar-refractivity contribution is 0.357. The first kappa shape index (κ1) is 19.8. The Morgan fingerprint density at radius 2 is 2.04 bits per heavy atom. The number of nitrogens with zero attached hydrogens (tertiary/aromatic N) is 2. The van der Waals surface area contributed by atoms with E-state index in [1.165, 1.54) is 16.8 Å². The van der Waals surface area contributed by atoms with Crippen LogP contribution in [0.1, 0.15) is 29.8 Å². The van der Waals surface area contributed by atoms with Crippen LogP contribution in [0.15, 0.2) is 61.3 Å². The topological polar surface area (TPSA) is 39.1 Å².